The van der Waals surface area contributed by atoms with Crippen LogP contribution in [0.1, 0.15) is 32.3 Å². The quantitative estimate of drug-likeness (QED) is 0.562. The van der Waals surface area contributed by atoms with Crippen molar-refractivity contribution in [2.75, 3.05) is 14.2 Å². The molecule has 0 bridgehead atoms. The van der Waals surface area contributed by atoms with Gasteiger partial charge in [0.05, 0.1) is 0 Å². The molecule has 1 atom stereocenters. The van der Waals surface area contributed by atoms with Crippen molar-refractivity contribution in [2.24, 2.45) is 5.73 Å². The summed E-state index contributed by atoms with van der Waals surface area (Å²) in [5.74, 6) is 0. The second-order valence-corrected chi connectivity index (χ2v) is 7.91. The van der Waals surface area contributed by atoms with Crippen molar-refractivity contribution in [3.63, 3.8) is 0 Å². The van der Waals surface area contributed by atoms with Crippen LogP contribution >= 0.6 is 0 Å². The summed E-state index contributed by atoms with van der Waals surface area (Å²) in [6.07, 6.45) is 2.29. The van der Waals surface area contributed by atoms with Gasteiger partial charge in [0.2, 0.25) is 0 Å². The van der Waals surface area contributed by atoms with Gasteiger partial charge in [0.1, 0.15) is 5.72 Å². The van der Waals surface area contributed by atoms with E-state index in [4.69, 9.17) is 19.0 Å². The molecule has 20 heavy (non-hydrogen) atoms. The van der Waals surface area contributed by atoms with E-state index in [1.807, 2.05) is 25.1 Å². The van der Waals surface area contributed by atoms with Gasteiger partial charge in [-0.05, 0) is 12.0 Å². The van der Waals surface area contributed by atoms with Gasteiger partial charge in [0.25, 0.3) is 0 Å². The predicted molar refractivity (Wildman–Crippen MR) is 83.3 cm³/mol. The third-order valence-electron chi connectivity index (χ3n) is 3.48. The Labute approximate surface area is 123 Å². The molecule has 0 fully saturated rings. The number of hydrogen-bond acceptors (Lipinski definition) is 4. The molecule has 1 aromatic carbocycles. The minimum Gasteiger partial charge on any atom is -0.377 e. The van der Waals surface area contributed by atoms with Gasteiger partial charge in [0, 0.05) is 26.7 Å². The Morgan fingerprint density at radius 1 is 1.10 bits per heavy atom. The van der Waals surface area contributed by atoms with Gasteiger partial charge in [0.15, 0.2) is 0 Å². The van der Waals surface area contributed by atoms with Crippen LogP contribution in [0.25, 0.3) is 0 Å². The van der Waals surface area contributed by atoms with Crippen LogP contribution in [0.5, 0.6) is 0 Å². The molecule has 1 rings (SSSR count). The Morgan fingerprint density at radius 2 is 1.70 bits per heavy atom. The molecule has 0 saturated carbocycles. The monoisotopic (exact) mass is 297 g/mol. The summed E-state index contributed by atoms with van der Waals surface area (Å²) < 4.78 is 17.3. The van der Waals surface area contributed by atoms with Crippen molar-refractivity contribution in [1.29, 1.82) is 0 Å². The third-order valence-corrected chi connectivity index (χ3v) is 6.56. The van der Waals surface area contributed by atoms with Gasteiger partial charge in [-0.1, -0.05) is 50.6 Å². The summed E-state index contributed by atoms with van der Waals surface area (Å²) in [6, 6.07) is 10.9. The normalized spacial score (nSPS) is 15.1. The summed E-state index contributed by atoms with van der Waals surface area (Å²) in [4.78, 5) is 0. The maximum Gasteiger partial charge on any atom is 0.501 e. The van der Waals surface area contributed by atoms with E-state index in [1.165, 1.54) is 0 Å². The van der Waals surface area contributed by atoms with E-state index in [0.29, 0.717) is 12.8 Å². The molecule has 0 amide bonds. The molecule has 0 radical (unpaired) electrons. The molecule has 4 nitrogen and oxygen atoms in total. The average Bonchev–Trinajstić information content (AvgIpc) is 2.47. The van der Waals surface area contributed by atoms with Crippen LogP contribution in [0.2, 0.25) is 6.04 Å². The molecule has 1 aromatic rings. The molecule has 5 heteroatoms. The third kappa shape index (κ3) is 4.68. The Hall–Kier alpha value is -0.723. The zero-order valence-electron chi connectivity index (χ0n) is 13.0. The lowest BCUT2D eigenvalue weighted by molar-refractivity contribution is -0.0166. The number of hydrogen-bond donors (Lipinski definition) is 1. The molecule has 1 unspecified atom stereocenters. The average molecular weight is 297 g/mol. The fourth-order valence-corrected chi connectivity index (χ4v) is 4.50. The van der Waals surface area contributed by atoms with Crippen molar-refractivity contribution in [3.05, 3.63) is 35.9 Å². The summed E-state index contributed by atoms with van der Waals surface area (Å²) in [6.45, 7) is 4.11. The largest absolute Gasteiger partial charge is 0.501 e. The minimum atomic E-state index is -2.68. The summed E-state index contributed by atoms with van der Waals surface area (Å²) in [7, 11) is 0.607. The molecule has 0 aliphatic carbocycles. The van der Waals surface area contributed by atoms with Crippen LogP contribution in [0, 0.1) is 0 Å². The summed E-state index contributed by atoms with van der Waals surface area (Å²) in [5.41, 5.74) is 6.85. The van der Waals surface area contributed by atoms with Crippen LogP contribution in [0.4, 0.5) is 0 Å². The second kappa shape index (κ2) is 7.90. The molecule has 0 aliphatic rings. The van der Waals surface area contributed by atoms with E-state index in [2.05, 4.69) is 19.1 Å². The zero-order valence-corrected chi connectivity index (χ0v) is 14.0. The molecule has 0 heterocycles. The second-order valence-electron chi connectivity index (χ2n) is 5.02. The zero-order chi connectivity index (χ0) is 15.1. The van der Waals surface area contributed by atoms with E-state index in [0.717, 1.165) is 18.0 Å². The molecule has 2 N–H and O–H groups in total. The molecule has 0 saturated heterocycles. The van der Waals surface area contributed by atoms with Gasteiger partial charge in [-0.15, -0.1) is 0 Å². The van der Waals surface area contributed by atoms with Crippen LogP contribution in [-0.2, 0) is 19.7 Å². The predicted octanol–water partition coefficient (Wildman–Crippen LogP) is 2.95. The van der Waals surface area contributed by atoms with Crippen LogP contribution in [0.15, 0.2) is 30.3 Å². The van der Waals surface area contributed by atoms with Crippen molar-refractivity contribution >= 4 is 8.80 Å². The lowest BCUT2D eigenvalue weighted by Crippen LogP contribution is -2.57. The van der Waals surface area contributed by atoms with Gasteiger partial charge >= 0.3 is 8.80 Å². The van der Waals surface area contributed by atoms with Gasteiger partial charge in [-0.25, -0.2) is 0 Å². The first kappa shape index (κ1) is 17.3. The van der Waals surface area contributed by atoms with Crippen molar-refractivity contribution in [1.82, 2.24) is 0 Å². The van der Waals surface area contributed by atoms with Crippen molar-refractivity contribution in [2.45, 2.75) is 44.9 Å². The maximum absolute atomic E-state index is 6.45. The molecular weight excluding hydrogens is 270 g/mol. The van der Waals surface area contributed by atoms with Gasteiger partial charge in [-0.2, -0.15) is 0 Å². The lowest BCUT2D eigenvalue weighted by Gasteiger charge is -2.37. The van der Waals surface area contributed by atoms with E-state index in [9.17, 15) is 0 Å². The van der Waals surface area contributed by atoms with E-state index in [-0.39, 0.29) is 0 Å². The van der Waals surface area contributed by atoms with Crippen molar-refractivity contribution in [3.8, 4) is 0 Å². The lowest BCUT2D eigenvalue weighted by atomic mass is 10.0. The molecule has 0 spiro atoms. The van der Waals surface area contributed by atoms with E-state index >= 15 is 0 Å². The standard InChI is InChI=1S/C15H27NO3Si/c1-5-12-20(17-3,18-4)19-15(16,6-2)13-14-10-8-7-9-11-14/h7-11H,5-6,12-13,16H2,1-4H3. The highest BCUT2D eigenvalue weighted by molar-refractivity contribution is 6.60. The summed E-state index contributed by atoms with van der Waals surface area (Å²) in [5, 5.41) is 0. The number of nitrogens with two attached hydrogens (primary N) is 1. The Morgan fingerprint density at radius 3 is 2.15 bits per heavy atom. The number of benzene rings is 1. The first-order valence-electron chi connectivity index (χ1n) is 7.16. The molecular formula is C15H27NO3Si. The molecule has 0 aliphatic heterocycles. The van der Waals surface area contributed by atoms with E-state index < -0.39 is 14.5 Å². The van der Waals surface area contributed by atoms with Gasteiger partial charge < -0.3 is 19.0 Å². The highest BCUT2D eigenvalue weighted by Crippen LogP contribution is 2.25. The highest BCUT2D eigenvalue weighted by Gasteiger charge is 2.44. The summed E-state index contributed by atoms with van der Waals surface area (Å²) >= 11 is 0. The van der Waals surface area contributed by atoms with E-state index in [1.54, 1.807) is 14.2 Å². The van der Waals surface area contributed by atoms with Crippen LogP contribution < -0.4 is 5.73 Å². The molecule has 114 valence electrons. The van der Waals surface area contributed by atoms with Crippen LogP contribution in [-0.4, -0.2) is 28.7 Å². The molecule has 0 aromatic heterocycles. The van der Waals surface area contributed by atoms with Crippen molar-refractivity contribution < 1.29 is 13.3 Å². The number of rotatable bonds is 9. The Balaban J connectivity index is 2.87. The first-order valence-corrected chi connectivity index (χ1v) is 9.09. The van der Waals surface area contributed by atoms with Crippen LogP contribution in [0.3, 0.4) is 0 Å². The Bertz CT molecular complexity index is 384. The van der Waals surface area contributed by atoms with Gasteiger partial charge in [-0.3, -0.25) is 0 Å². The minimum absolute atomic E-state index is 0.648. The smallest absolute Gasteiger partial charge is 0.377 e. The first-order chi connectivity index (χ1) is 9.53. The fourth-order valence-electron chi connectivity index (χ4n) is 2.21. The fraction of sp³-hybridized carbons (Fsp3) is 0.600. The Kier molecular flexibility index (Phi) is 6.85. The highest BCUT2D eigenvalue weighted by atomic mass is 28.4. The SMILES string of the molecule is CCC[Si](OC)(OC)OC(N)(CC)Cc1ccccc1. The topological polar surface area (TPSA) is 53.7 Å². The maximum atomic E-state index is 6.45.